The number of esters is 2. The summed E-state index contributed by atoms with van der Waals surface area (Å²) in [7, 11) is 0. The molecule has 0 spiro atoms. The molecule has 0 aromatic heterocycles. The largest absolute Gasteiger partial charge is 0.462 e. The third-order valence-electron chi connectivity index (χ3n) is 7.47. The van der Waals surface area contributed by atoms with Crippen LogP contribution in [0.1, 0.15) is 175 Å². The maximum atomic E-state index is 12.4. The second-order valence-electron chi connectivity index (χ2n) is 11.8. The van der Waals surface area contributed by atoms with Gasteiger partial charge in [-0.2, -0.15) is 0 Å². The molecule has 0 saturated carbocycles. The molecule has 0 N–H and O–H groups in total. The van der Waals surface area contributed by atoms with Crippen LogP contribution in [-0.4, -0.2) is 37.9 Å². The van der Waals surface area contributed by atoms with Gasteiger partial charge in [-0.25, -0.2) is 0 Å². The van der Waals surface area contributed by atoms with Gasteiger partial charge in [-0.15, -0.1) is 0 Å². The van der Waals surface area contributed by atoms with Crippen LogP contribution in [0.3, 0.4) is 0 Å². The molecule has 0 bridgehead atoms. The highest BCUT2D eigenvalue weighted by Gasteiger charge is 2.17. The molecule has 1 unspecified atom stereocenters. The fourth-order valence-corrected chi connectivity index (χ4v) is 4.78. The third-order valence-corrected chi connectivity index (χ3v) is 7.47. The molecule has 0 aliphatic heterocycles. The molecular weight excluding hydrogens is 524 g/mol. The summed E-state index contributed by atoms with van der Waals surface area (Å²) in [6.45, 7) is 7.65. The second kappa shape index (κ2) is 33.9. The average molecular weight is 593 g/mol. The van der Waals surface area contributed by atoms with Crippen molar-refractivity contribution in [2.75, 3.05) is 19.8 Å². The smallest absolute Gasteiger partial charge is 0.306 e. The van der Waals surface area contributed by atoms with E-state index in [9.17, 15) is 9.59 Å². The molecule has 0 amide bonds. The van der Waals surface area contributed by atoms with Crippen LogP contribution in [0.15, 0.2) is 24.3 Å². The van der Waals surface area contributed by atoms with Gasteiger partial charge in [0, 0.05) is 19.4 Å². The van der Waals surface area contributed by atoms with E-state index < -0.39 is 6.10 Å². The predicted molar refractivity (Wildman–Crippen MR) is 178 cm³/mol. The number of allylic oxidation sites excluding steroid dienone is 4. The topological polar surface area (TPSA) is 61.8 Å². The predicted octanol–water partition coefficient (Wildman–Crippen LogP) is 11.0. The molecule has 5 nitrogen and oxygen atoms in total. The molecule has 0 aliphatic rings. The highest BCUT2D eigenvalue weighted by atomic mass is 16.6. The Morgan fingerprint density at radius 2 is 1.05 bits per heavy atom. The van der Waals surface area contributed by atoms with Gasteiger partial charge in [0.25, 0.3) is 0 Å². The van der Waals surface area contributed by atoms with Gasteiger partial charge >= 0.3 is 11.9 Å². The summed E-state index contributed by atoms with van der Waals surface area (Å²) in [5.41, 5.74) is 0. The van der Waals surface area contributed by atoms with Gasteiger partial charge in [0.05, 0.1) is 6.61 Å². The standard InChI is InChI=1S/C37H68O5/c1-4-7-10-13-15-17-18-19-20-21-22-25-27-30-36(38)41-34-35(42-37(39)31-28-24-12-9-6-3)33-40-32-29-26-23-16-14-11-8-5-2/h10,13,17-18,35H,4-9,11-12,14-16,19-34H2,1-3H3/b13-10-,18-17-. The Bertz CT molecular complexity index is 642. The van der Waals surface area contributed by atoms with Crippen molar-refractivity contribution in [3.8, 4) is 0 Å². The first-order valence-corrected chi connectivity index (χ1v) is 17.9. The highest BCUT2D eigenvalue weighted by Crippen LogP contribution is 2.11. The van der Waals surface area contributed by atoms with Crippen LogP contribution in [0.2, 0.25) is 0 Å². The number of carbonyl (C=O) groups excluding carboxylic acids is 2. The Kier molecular flexibility index (Phi) is 32.6. The number of unbranched alkanes of at least 4 members (excludes halogenated alkanes) is 17. The van der Waals surface area contributed by atoms with Gasteiger partial charge in [-0.05, 0) is 44.9 Å². The molecule has 0 radical (unpaired) electrons. The summed E-state index contributed by atoms with van der Waals surface area (Å²) in [6.07, 6.45) is 34.7. The van der Waals surface area contributed by atoms with E-state index in [0.717, 1.165) is 64.2 Å². The lowest BCUT2D eigenvalue weighted by atomic mass is 10.1. The molecule has 0 aromatic carbocycles. The van der Waals surface area contributed by atoms with Crippen molar-refractivity contribution in [2.24, 2.45) is 0 Å². The van der Waals surface area contributed by atoms with E-state index in [1.54, 1.807) is 0 Å². The second-order valence-corrected chi connectivity index (χ2v) is 11.8. The third kappa shape index (κ3) is 31.3. The van der Waals surface area contributed by atoms with Crippen molar-refractivity contribution in [3.63, 3.8) is 0 Å². The number of hydrogen-bond acceptors (Lipinski definition) is 5. The van der Waals surface area contributed by atoms with Gasteiger partial charge < -0.3 is 14.2 Å². The van der Waals surface area contributed by atoms with Crippen LogP contribution in [0.4, 0.5) is 0 Å². The van der Waals surface area contributed by atoms with E-state index in [1.807, 2.05) is 0 Å². The zero-order valence-electron chi connectivity index (χ0n) is 28.0. The van der Waals surface area contributed by atoms with Crippen molar-refractivity contribution in [3.05, 3.63) is 24.3 Å². The van der Waals surface area contributed by atoms with Crippen LogP contribution in [0.25, 0.3) is 0 Å². The van der Waals surface area contributed by atoms with Crippen molar-refractivity contribution in [1.29, 1.82) is 0 Å². The van der Waals surface area contributed by atoms with Gasteiger partial charge in [-0.1, -0.05) is 141 Å². The van der Waals surface area contributed by atoms with E-state index >= 15 is 0 Å². The van der Waals surface area contributed by atoms with Crippen molar-refractivity contribution in [2.45, 2.75) is 181 Å². The lowest BCUT2D eigenvalue weighted by Gasteiger charge is -2.18. The minimum absolute atomic E-state index is 0.0812. The first-order valence-electron chi connectivity index (χ1n) is 17.9. The molecule has 246 valence electrons. The lowest BCUT2D eigenvalue weighted by Crippen LogP contribution is -2.30. The summed E-state index contributed by atoms with van der Waals surface area (Å²) in [5, 5.41) is 0. The van der Waals surface area contributed by atoms with Crippen LogP contribution < -0.4 is 0 Å². The van der Waals surface area contributed by atoms with E-state index in [4.69, 9.17) is 14.2 Å². The Labute approximate surface area is 260 Å². The molecule has 5 heteroatoms. The van der Waals surface area contributed by atoms with Crippen molar-refractivity contribution < 1.29 is 23.8 Å². The van der Waals surface area contributed by atoms with Crippen LogP contribution >= 0.6 is 0 Å². The molecule has 0 saturated heterocycles. The number of hydrogen-bond donors (Lipinski definition) is 0. The molecule has 0 fully saturated rings. The molecule has 42 heavy (non-hydrogen) atoms. The van der Waals surface area contributed by atoms with Gasteiger partial charge in [0.1, 0.15) is 6.61 Å². The van der Waals surface area contributed by atoms with E-state index in [-0.39, 0.29) is 25.2 Å². The van der Waals surface area contributed by atoms with Gasteiger partial charge in [-0.3, -0.25) is 9.59 Å². The summed E-state index contributed by atoms with van der Waals surface area (Å²) >= 11 is 0. The zero-order chi connectivity index (χ0) is 30.8. The SMILES string of the molecule is CCC/C=C\C/C=C\CCCCCCCC(=O)OCC(COCCCCCCCCCC)OC(=O)CCCCCCC. The fourth-order valence-electron chi connectivity index (χ4n) is 4.78. The minimum Gasteiger partial charge on any atom is -0.462 e. The maximum absolute atomic E-state index is 12.4. The Morgan fingerprint density at radius 1 is 0.524 bits per heavy atom. The summed E-state index contributed by atoms with van der Waals surface area (Å²) in [5.74, 6) is -0.427. The summed E-state index contributed by atoms with van der Waals surface area (Å²) in [4.78, 5) is 24.7. The van der Waals surface area contributed by atoms with E-state index in [0.29, 0.717) is 19.4 Å². The normalized spacial score (nSPS) is 12.4. The van der Waals surface area contributed by atoms with Crippen molar-refractivity contribution >= 4 is 11.9 Å². The van der Waals surface area contributed by atoms with Crippen molar-refractivity contribution in [1.82, 2.24) is 0 Å². The number of ether oxygens (including phenoxy) is 3. The zero-order valence-corrected chi connectivity index (χ0v) is 28.0. The molecule has 0 aromatic rings. The molecule has 1 atom stereocenters. The monoisotopic (exact) mass is 593 g/mol. The van der Waals surface area contributed by atoms with Crippen LogP contribution in [-0.2, 0) is 23.8 Å². The van der Waals surface area contributed by atoms with Crippen LogP contribution in [0, 0.1) is 0 Å². The fraction of sp³-hybridized carbons (Fsp3) is 0.838. The molecule has 0 heterocycles. The lowest BCUT2D eigenvalue weighted by molar-refractivity contribution is -0.163. The highest BCUT2D eigenvalue weighted by molar-refractivity contribution is 5.70. The number of carbonyl (C=O) groups is 2. The van der Waals surface area contributed by atoms with Gasteiger partial charge in [0.15, 0.2) is 6.10 Å². The Hall–Kier alpha value is -1.62. The van der Waals surface area contributed by atoms with Gasteiger partial charge in [0.2, 0.25) is 0 Å². The minimum atomic E-state index is -0.527. The first kappa shape index (κ1) is 40.4. The van der Waals surface area contributed by atoms with E-state index in [2.05, 4.69) is 45.1 Å². The van der Waals surface area contributed by atoms with Crippen LogP contribution in [0.5, 0.6) is 0 Å². The maximum Gasteiger partial charge on any atom is 0.306 e. The average Bonchev–Trinajstić information content (AvgIpc) is 2.99. The molecule has 0 rings (SSSR count). The summed E-state index contributed by atoms with van der Waals surface area (Å²) < 4.78 is 17.0. The summed E-state index contributed by atoms with van der Waals surface area (Å²) in [6, 6.07) is 0. The Balaban J connectivity index is 4.13. The molecule has 0 aliphatic carbocycles. The van der Waals surface area contributed by atoms with E-state index in [1.165, 1.54) is 77.0 Å². The quantitative estimate of drug-likeness (QED) is 0.0442. The Morgan fingerprint density at radius 3 is 1.67 bits per heavy atom. The number of rotatable bonds is 32. The first-order chi connectivity index (χ1) is 20.6. The molecular formula is C37H68O5.